The average molecular weight is 447 g/mol. The molecule has 170 valence electrons. The zero-order chi connectivity index (χ0) is 22.9. The standard InChI is InChI=1S/C25H26N4O4/c30-22-9-8-21(23(31)28-22)29-24(32)18-7-6-15(12-19(18)25(29)33)13-27-20-14-26-11-10-17(20)16-4-2-1-3-5-16/h1-7,12,17,20-21,26-27H,8-11,13-14H2,(H,28,30,31). The minimum atomic E-state index is -0.948. The van der Waals surface area contributed by atoms with Crippen molar-refractivity contribution in [2.45, 2.75) is 43.8 Å². The van der Waals surface area contributed by atoms with Crippen molar-refractivity contribution in [2.24, 2.45) is 0 Å². The Balaban J connectivity index is 1.30. The van der Waals surface area contributed by atoms with Gasteiger partial charge in [0, 0.05) is 31.5 Å². The van der Waals surface area contributed by atoms with Crippen LogP contribution in [-0.2, 0) is 16.1 Å². The molecule has 3 unspecified atom stereocenters. The van der Waals surface area contributed by atoms with Gasteiger partial charge >= 0.3 is 0 Å². The van der Waals surface area contributed by atoms with Gasteiger partial charge in [-0.1, -0.05) is 36.4 Å². The first-order valence-electron chi connectivity index (χ1n) is 11.4. The summed E-state index contributed by atoms with van der Waals surface area (Å²) in [5.74, 6) is -1.54. The molecule has 2 aromatic carbocycles. The summed E-state index contributed by atoms with van der Waals surface area (Å²) in [5.41, 5.74) is 2.82. The fraction of sp³-hybridized carbons (Fsp3) is 0.360. The van der Waals surface area contributed by atoms with Crippen molar-refractivity contribution in [3.05, 3.63) is 70.8 Å². The number of amides is 4. The predicted molar refractivity (Wildman–Crippen MR) is 120 cm³/mol. The first-order valence-corrected chi connectivity index (χ1v) is 11.4. The van der Waals surface area contributed by atoms with Crippen molar-refractivity contribution >= 4 is 23.6 Å². The maximum Gasteiger partial charge on any atom is 0.262 e. The molecule has 0 aliphatic carbocycles. The molecule has 0 radical (unpaired) electrons. The van der Waals surface area contributed by atoms with Crippen molar-refractivity contribution in [1.29, 1.82) is 0 Å². The van der Waals surface area contributed by atoms with Gasteiger partial charge < -0.3 is 10.6 Å². The van der Waals surface area contributed by atoms with Crippen molar-refractivity contribution in [1.82, 2.24) is 20.9 Å². The topological polar surface area (TPSA) is 108 Å². The third-order valence-electron chi connectivity index (χ3n) is 6.78. The van der Waals surface area contributed by atoms with Gasteiger partial charge in [0.05, 0.1) is 11.1 Å². The lowest BCUT2D eigenvalue weighted by Gasteiger charge is -2.33. The minimum Gasteiger partial charge on any atom is -0.315 e. The lowest BCUT2D eigenvalue weighted by Crippen LogP contribution is -2.54. The van der Waals surface area contributed by atoms with E-state index in [9.17, 15) is 19.2 Å². The SMILES string of the molecule is O=C1CCC(N2C(=O)c3ccc(CNC4CNCCC4c4ccccc4)cc3C2=O)C(=O)N1. The molecule has 8 heteroatoms. The molecule has 2 fully saturated rings. The molecule has 3 heterocycles. The van der Waals surface area contributed by atoms with Gasteiger partial charge in [0.1, 0.15) is 6.04 Å². The van der Waals surface area contributed by atoms with Gasteiger partial charge in [0.25, 0.3) is 11.8 Å². The van der Waals surface area contributed by atoms with Crippen molar-refractivity contribution in [3.8, 4) is 0 Å². The van der Waals surface area contributed by atoms with Crippen LogP contribution < -0.4 is 16.0 Å². The van der Waals surface area contributed by atoms with Crippen LogP contribution in [0.4, 0.5) is 0 Å². The van der Waals surface area contributed by atoms with Crippen LogP contribution >= 0.6 is 0 Å². The molecule has 0 saturated carbocycles. The van der Waals surface area contributed by atoms with E-state index in [0.29, 0.717) is 23.6 Å². The maximum atomic E-state index is 13.0. The van der Waals surface area contributed by atoms with Gasteiger partial charge in [-0.15, -0.1) is 0 Å². The highest BCUT2D eigenvalue weighted by molar-refractivity contribution is 6.23. The number of nitrogens with zero attached hydrogens (tertiary/aromatic N) is 1. The quantitative estimate of drug-likeness (QED) is 0.598. The summed E-state index contributed by atoms with van der Waals surface area (Å²) >= 11 is 0. The second-order valence-corrected chi connectivity index (χ2v) is 8.82. The van der Waals surface area contributed by atoms with E-state index < -0.39 is 23.8 Å². The van der Waals surface area contributed by atoms with Crippen LogP contribution in [0.3, 0.4) is 0 Å². The summed E-state index contributed by atoms with van der Waals surface area (Å²) in [4.78, 5) is 50.6. The molecule has 33 heavy (non-hydrogen) atoms. The molecule has 3 atom stereocenters. The van der Waals surface area contributed by atoms with E-state index in [1.807, 2.05) is 12.1 Å². The van der Waals surface area contributed by atoms with Gasteiger partial charge in [-0.05, 0) is 42.6 Å². The Hall–Kier alpha value is -3.36. The molecule has 3 aliphatic rings. The number of imide groups is 2. The molecule has 0 spiro atoms. The number of hydrogen-bond donors (Lipinski definition) is 3. The summed E-state index contributed by atoms with van der Waals surface area (Å²) in [5, 5.41) is 9.28. The highest BCUT2D eigenvalue weighted by Crippen LogP contribution is 2.29. The van der Waals surface area contributed by atoms with E-state index in [-0.39, 0.29) is 24.8 Å². The van der Waals surface area contributed by atoms with Gasteiger partial charge in [-0.25, -0.2) is 0 Å². The van der Waals surface area contributed by atoms with Crippen molar-refractivity contribution < 1.29 is 19.2 Å². The lowest BCUT2D eigenvalue weighted by molar-refractivity contribution is -0.136. The molecule has 3 aliphatic heterocycles. The molecule has 0 bridgehead atoms. The Labute approximate surface area is 191 Å². The molecule has 0 aromatic heterocycles. The third kappa shape index (κ3) is 4.07. The average Bonchev–Trinajstić information content (AvgIpc) is 3.08. The molecular weight excluding hydrogens is 420 g/mol. The van der Waals surface area contributed by atoms with Crippen LogP contribution in [0, 0.1) is 0 Å². The minimum absolute atomic E-state index is 0.108. The molecule has 4 amide bonds. The summed E-state index contributed by atoms with van der Waals surface area (Å²) in [6.45, 7) is 2.39. The number of fused-ring (bicyclic) bond motifs is 1. The number of rotatable bonds is 5. The van der Waals surface area contributed by atoms with E-state index in [4.69, 9.17) is 0 Å². The summed E-state index contributed by atoms with van der Waals surface area (Å²) in [6.07, 6.45) is 1.30. The zero-order valence-electron chi connectivity index (χ0n) is 18.2. The maximum absolute atomic E-state index is 13.0. The normalized spacial score (nSPS) is 25.2. The molecule has 8 nitrogen and oxygen atoms in total. The van der Waals surface area contributed by atoms with Gasteiger partial charge in [0.2, 0.25) is 11.8 Å². The first-order chi connectivity index (χ1) is 16.0. The van der Waals surface area contributed by atoms with E-state index in [0.717, 1.165) is 30.0 Å². The molecule has 3 N–H and O–H groups in total. The Morgan fingerprint density at radius 3 is 2.52 bits per heavy atom. The van der Waals surface area contributed by atoms with Gasteiger partial charge in [-0.3, -0.25) is 29.4 Å². The highest BCUT2D eigenvalue weighted by Gasteiger charge is 2.44. The Kier molecular flexibility index (Phi) is 5.78. The number of carbonyl (C=O) groups is 4. The van der Waals surface area contributed by atoms with Crippen LogP contribution in [0.1, 0.15) is 57.0 Å². The Morgan fingerprint density at radius 1 is 0.939 bits per heavy atom. The van der Waals surface area contributed by atoms with Crippen LogP contribution in [0.25, 0.3) is 0 Å². The smallest absolute Gasteiger partial charge is 0.262 e. The second-order valence-electron chi connectivity index (χ2n) is 8.82. The Bertz CT molecular complexity index is 1120. The highest BCUT2D eigenvalue weighted by atomic mass is 16.2. The fourth-order valence-corrected chi connectivity index (χ4v) is 5.05. The van der Waals surface area contributed by atoms with Crippen molar-refractivity contribution in [2.75, 3.05) is 13.1 Å². The fourth-order valence-electron chi connectivity index (χ4n) is 5.05. The monoisotopic (exact) mass is 446 g/mol. The largest absolute Gasteiger partial charge is 0.315 e. The predicted octanol–water partition coefficient (Wildman–Crippen LogP) is 1.32. The molecule has 2 aromatic rings. The molecular formula is C25H26N4O4. The second kappa shape index (κ2) is 8.88. The number of nitrogens with one attached hydrogen (secondary N) is 3. The van der Waals surface area contributed by atoms with Crippen LogP contribution in [-0.4, -0.2) is 53.7 Å². The molecule has 5 rings (SSSR count). The van der Waals surface area contributed by atoms with E-state index in [2.05, 4.69) is 40.2 Å². The lowest BCUT2D eigenvalue weighted by atomic mass is 9.86. The van der Waals surface area contributed by atoms with E-state index >= 15 is 0 Å². The molecule has 2 saturated heterocycles. The Morgan fingerprint density at radius 2 is 1.73 bits per heavy atom. The van der Waals surface area contributed by atoms with E-state index in [1.165, 1.54) is 5.56 Å². The van der Waals surface area contributed by atoms with Crippen LogP contribution in [0.5, 0.6) is 0 Å². The van der Waals surface area contributed by atoms with Gasteiger partial charge in [0.15, 0.2) is 0 Å². The van der Waals surface area contributed by atoms with E-state index in [1.54, 1.807) is 12.1 Å². The van der Waals surface area contributed by atoms with Crippen molar-refractivity contribution in [3.63, 3.8) is 0 Å². The van der Waals surface area contributed by atoms with Gasteiger partial charge in [-0.2, -0.15) is 0 Å². The van der Waals surface area contributed by atoms with Crippen LogP contribution in [0.15, 0.2) is 48.5 Å². The summed E-state index contributed by atoms with van der Waals surface area (Å²) < 4.78 is 0. The zero-order valence-corrected chi connectivity index (χ0v) is 18.2. The number of piperidine rings is 2. The number of benzene rings is 2. The number of carbonyl (C=O) groups excluding carboxylic acids is 4. The van der Waals surface area contributed by atoms with Crippen LogP contribution in [0.2, 0.25) is 0 Å². The summed E-state index contributed by atoms with van der Waals surface area (Å²) in [6, 6.07) is 15.0. The summed E-state index contributed by atoms with van der Waals surface area (Å²) in [7, 11) is 0. The first kappa shape index (κ1) is 21.5. The third-order valence-corrected chi connectivity index (χ3v) is 6.78. The number of hydrogen-bond acceptors (Lipinski definition) is 6.